The molecular formula is C27H33N3O2. The second-order valence-corrected chi connectivity index (χ2v) is 8.19. The van der Waals surface area contributed by atoms with Crippen LogP contribution in [0, 0.1) is 0 Å². The first-order valence-electron chi connectivity index (χ1n) is 11.1. The molecule has 168 valence electrons. The molecule has 0 saturated carbocycles. The summed E-state index contributed by atoms with van der Waals surface area (Å²) in [6, 6.07) is 14.9. The number of phenols is 1. The van der Waals surface area contributed by atoms with Gasteiger partial charge >= 0.3 is 0 Å². The van der Waals surface area contributed by atoms with Gasteiger partial charge in [0.25, 0.3) is 0 Å². The van der Waals surface area contributed by atoms with E-state index in [4.69, 9.17) is 0 Å². The summed E-state index contributed by atoms with van der Waals surface area (Å²) in [5.74, 6) is -0.312. The van der Waals surface area contributed by atoms with Gasteiger partial charge in [-0.1, -0.05) is 42.5 Å². The van der Waals surface area contributed by atoms with Gasteiger partial charge in [0, 0.05) is 49.3 Å². The quantitative estimate of drug-likeness (QED) is 0.585. The van der Waals surface area contributed by atoms with Crippen molar-refractivity contribution < 1.29 is 9.90 Å². The van der Waals surface area contributed by atoms with Gasteiger partial charge in [0.15, 0.2) is 0 Å². The molecule has 1 heterocycles. The smallest absolute Gasteiger partial charge is 0.231 e. The lowest BCUT2D eigenvalue weighted by Gasteiger charge is -2.38. The molecule has 1 unspecified atom stereocenters. The van der Waals surface area contributed by atoms with Crippen LogP contribution in [-0.2, 0) is 4.79 Å². The predicted molar refractivity (Wildman–Crippen MR) is 133 cm³/mol. The summed E-state index contributed by atoms with van der Waals surface area (Å²) in [4.78, 5) is 17.2. The number of aromatic hydroxyl groups is 1. The standard InChI is InChI=1S/C27H33N3O2/c1-5-20(2)11-12-21(3)29-13-15-30(16-14-29)25-17-23(18-26(31)19-25)22(4)27(32)28-24-9-7-6-8-10-24/h5-12,17-19,22,31H,3,13-16H2,1-2,4H3,(H,28,32)/b12-11-,20-5-. The number of phenolic OH excluding ortho intramolecular Hbond substituents is 1. The number of carbonyl (C=O) groups excluding carboxylic acids is 1. The van der Waals surface area contributed by atoms with Crippen molar-refractivity contribution in [2.75, 3.05) is 36.4 Å². The van der Waals surface area contributed by atoms with Crippen LogP contribution in [0.4, 0.5) is 11.4 Å². The number of para-hydroxylation sites is 1. The third-order valence-corrected chi connectivity index (χ3v) is 5.90. The molecule has 0 bridgehead atoms. The molecular weight excluding hydrogens is 398 g/mol. The Labute approximate surface area is 191 Å². The van der Waals surface area contributed by atoms with Crippen LogP contribution in [0.5, 0.6) is 5.75 Å². The van der Waals surface area contributed by atoms with Crippen molar-refractivity contribution in [3.8, 4) is 5.75 Å². The molecule has 1 saturated heterocycles. The van der Waals surface area contributed by atoms with Crippen LogP contribution in [0.15, 0.2) is 84.6 Å². The second-order valence-electron chi connectivity index (χ2n) is 8.19. The van der Waals surface area contributed by atoms with Crippen LogP contribution in [0.25, 0.3) is 0 Å². The van der Waals surface area contributed by atoms with E-state index in [1.165, 1.54) is 5.57 Å². The van der Waals surface area contributed by atoms with Crippen molar-refractivity contribution in [3.63, 3.8) is 0 Å². The summed E-state index contributed by atoms with van der Waals surface area (Å²) in [7, 11) is 0. The van der Waals surface area contributed by atoms with E-state index in [2.05, 4.69) is 46.8 Å². The monoisotopic (exact) mass is 431 g/mol. The number of anilines is 2. The Balaban J connectivity index is 1.65. The maximum atomic E-state index is 12.7. The summed E-state index contributed by atoms with van der Waals surface area (Å²) in [5.41, 5.74) is 4.71. The van der Waals surface area contributed by atoms with Gasteiger partial charge in [-0.2, -0.15) is 0 Å². The van der Waals surface area contributed by atoms with E-state index in [1.807, 2.05) is 50.2 Å². The zero-order valence-electron chi connectivity index (χ0n) is 19.2. The normalized spacial score (nSPS) is 15.7. The number of hydrogen-bond donors (Lipinski definition) is 2. The highest BCUT2D eigenvalue weighted by atomic mass is 16.3. The number of amides is 1. The van der Waals surface area contributed by atoms with E-state index >= 15 is 0 Å². The molecule has 32 heavy (non-hydrogen) atoms. The van der Waals surface area contributed by atoms with Crippen LogP contribution in [0.1, 0.15) is 32.3 Å². The minimum absolute atomic E-state index is 0.0999. The number of carbonyl (C=O) groups is 1. The zero-order valence-corrected chi connectivity index (χ0v) is 19.2. The van der Waals surface area contributed by atoms with E-state index in [-0.39, 0.29) is 17.6 Å². The first-order valence-corrected chi connectivity index (χ1v) is 11.1. The van der Waals surface area contributed by atoms with Gasteiger partial charge in [0.1, 0.15) is 5.75 Å². The summed E-state index contributed by atoms with van der Waals surface area (Å²) >= 11 is 0. The van der Waals surface area contributed by atoms with Gasteiger partial charge in [-0.05, 0) is 56.7 Å². The highest BCUT2D eigenvalue weighted by molar-refractivity contribution is 5.95. The Kier molecular flexibility index (Phi) is 7.77. The van der Waals surface area contributed by atoms with Crippen LogP contribution < -0.4 is 10.2 Å². The molecule has 1 amide bonds. The molecule has 3 rings (SSSR count). The SMILES string of the molecule is C=C(/C=C\C(C)=C/C)N1CCN(c2cc(O)cc(C(C)C(=O)Nc3ccccc3)c2)CC1. The summed E-state index contributed by atoms with van der Waals surface area (Å²) in [6.07, 6.45) is 6.21. The van der Waals surface area contributed by atoms with E-state index in [0.717, 1.165) is 48.8 Å². The fourth-order valence-electron chi connectivity index (χ4n) is 3.66. The average molecular weight is 432 g/mol. The number of nitrogens with zero attached hydrogens (tertiary/aromatic N) is 2. The maximum absolute atomic E-state index is 12.7. The first kappa shape index (κ1) is 23.2. The minimum atomic E-state index is -0.387. The van der Waals surface area contributed by atoms with Crippen LogP contribution in [-0.4, -0.2) is 42.1 Å². The third kappa shape index (κ3) is 6.03. The highest BCUT2D eigenvalue weighted by Gasteiger charge is 2.21. The average Bonchev–Trinajstić information content (AvgIpc) is 2.82. The molecule has 2 aromatic carbocycles. The first-order chi connectivity index (χ1) is 15.4. The molecule has 1 aliphatic heterocycles. The third-order valence-electron chi connectivity index (χ3n) is 5.90. The molecule has 5 heteroatoms. The second kappa shape index (κ2) is 10.7. The number of allylic oxidation sites excluding steroid dienone is 4. The number of piperazine rings is 1. The molecule has 0 spiro atoms. The molecule has 2 N–H and O–H groups in total. The fraction of sp³-hybridized carbons (Fsp3) is 0.296. The van der Waals surface area contributed by atoms with Crippen molar-refractivity contribution in [1.82, 2.24) is 4.90 Å². The Morgan fingerprint density at radius 1 is 1.09 bits per heavy atom. The molecule has 0 radical (unpaired) electrons. The lowest BCUT2D eigenvalue weighted by atomic mass is 9.98. The van der Waals surface area contributed by atoms with Crippen molar-refractivity contribution in [3.05, 3.63) is 90.2 Å². The molecule has 0 aromatic heterocycles. The van der Waals surface area contributed by atoms with Gasteiger partial charge < -0.3 is 20.2 Å². The van der Waals surface area contributed by atoms with Gasteiger partial charge in [-0.25, -0.2) is 0 Å². The van der Waals surface area contributed by atoms with E-state index in [0.29, 0.717) is 0 Å². The van der Waals surface area contributed by atoms with E-state index in [1.54, 1.807) is 12.1 Å². The minimum Gasteiger partial charge on any atom is -0.508 e. The Morgan fingerprint density at radius 3 is 2.44 bits per heavy atom. The maximum Gasteiger partial charge on any atom is 0.231 e. The Hall–Kier alpha value is -3.47. The number of hydrogen-bond acceptors (Lipinski definition) is 4. The van der Waals surface area contributed by atoms with Gasteiger partial charge in [0.2, 0.25) is 5.91 Å². The van der Waals surface area contributed by atoms with Crippen LogP contribution >= 0.6 is 0 Å². The van der Waals surface area contributed by atoms with Crippen molar-refractivity contribution in [1.29, 1.82) is 0 Å². The molecule has 5 nitrogen and oxygen atoms in total. The van der Waals surface area contributed by atoms with Gasteiger partial charge in [-0.3, -0.25) is 4.79 Å². The summed E-state index contributed by atoms with van der Waals surface area (Å²) < 4.78 is 0. The lowest BCUT2D eigenvalue weighted by molar-refractivity contribution is -0.117. The Bertz CT molecular complexity index is 1000. The molecule has 1 atom stereocenters. The largest absolute Gasteiger partial charge is 0.508 e. The number of benzene rings is 2. The fourth-order valence-corrected chi connectivity index (χ4v) is 3.66. The van der Waals surface area contributed by atoms with Crippen molar-refractivity contribution >= 4 is 17.3 Å². The lowest BCUT2D eigenvalue weighted by Crippen LogP contribution is -2.45. The molecule has 1 aliphatic rings. The predicted octanol–water partition coefficient (Wildman–Crippen LogP) is 5.29. The highest BCUT2D eigenvalue weighted by Crippen LogP contribution is 2.29. The summed E-state index contributed by atoms with van der Waals surface area (Å²) in [5, 5.41) is 13.3. The van der Waals surface area contributed by atoms with Crippen LogP contribution in [0.3, 0.4) is 0 Å². The van der Waals surface area contributed by atoms with E-state index in [9.17, 15) is 9.90 Å². The van der Waals surface area contributed by atoms with Gasteiger partial charge in [0.05, 0.1) is 5.92 Å². The topological polar surface area (TPSA) is 55.8 Å². The van der Waals surface area contributed by atoms with Crippen LogP contribution in [0.2, 0.25) is 0 Å². The van der Waals surface area contributed by atoms with E-state index < -0.39 is 0 Å². The molecule has 0 aliphatic carbocycles. The van der Waals surface area contributed by atoms with Crippen molar-refractivity contribution in [2.24, 2.45) is 0 Å². The zero-order chi connectivity index (χ0) is 23.1. The molecule has 1 fully saturated rings. The van der Waals surface area contributed by atoms with Crippen molar-refractivity contribution in [2.45, 2.75) is 26.7 Å². The molecule has 2 aromatic rings. The summed E-state index contributed by atoms with van der Waals surface area (Å²) in [6.45, 7) is 13.5. The Morgan fingerprint density at radius 2 is 1.78 bits per heavy atom. The number of nitrogens with one attached hydrogen (secondary N) is 1. The van der Waals surface area contributed by atoms with Gasteiger partial charge in [-0.15, -0.1) is 0 Å². The number of rotatable bonds is 7.